The summed E-state index contributed by atoms with van der Waals surface area (Å²) < 4.78 is 0. The van der Waals surface area contributed by atoms with E-state index in [-0.39, 0.29) is 13.3 Å². The summed E-state index contributed by atoms with van der Waals surface area (Å²) in [6.45, 7) is 5.50. The lowest BCUT2D eigenvalue weighted by Crippen LogP contribution is -2.22. The summed E-state index contributed by atoms with van der Waals surface area (Å²) in [5.74, 6) is -0.233. The second kappa shape index (κ2) is 7.23. The Morgan fingerprint density at radius 1 is 1.62 bits per heavy atom. The zero-order chi connectivity index (χ0) is 11.1. The average molecular weight is 219 g/mol. The molecule has 1 heterocycles. The minimum Gasteiger partial charge on any atom is -0.321 e. The van der Waals surface area contributed by atoms with E-state index in [2.05, 4.69) is 22.1 Å². The fraction of sp³-hybridized carbons (Fsp3) is 0.167. The predicted octanol–water partition coefficient (Wildman–Crippen LogP) is 2.42. The molecule has 0 spiro atoms. The van der Waals surface area contributed by atoms with E-state index >= 15 is 0 Å². The summed E-state index contributed by atoms with van der Waals surface area (Å²) in [5.41, 5.74) is 1.07. The van der Waals surface area contributed by atoms with Crippen LogP contribution in [0, 0.1) is 0 Å². The molecule has 0 saturated heterocycles. The number of rotatable bonds is 4. The molecule has 0 radical (unpaired) electrons. The normalized spacial score (nSPS) is 10.9. The van der Waals surface area contributed by atoms with E-state index in [1.165, 1.54) is 6.20 Å². The Kier molecular flexibility index (Phi) is 6.28. The lowest BCUT2D eigenvalue weighted by Gasteiger charge is -2.02. The van der Waals surface area contributed by atoms with Crippen LogP contribution in [0.3, 0.4) is 0 Å². The van der Waals surface area contributed by atoms with Crippen LogP contribution in [-0.4, -0.2) is 16.1 Å². The summed E-state index contributed by atoms with van der Waals surface area (Å²) in [6.07, 6.45) is 8.56. The molecule has 0 fully saturated rings. The first-order chi connectivity index (χ1) is 7.27. The molecule has 0 aliphatic heterocycles. The molecule has 0 atom stereocenters. The van der Waals surface area contributed by atoms with Crippen LogP contribution in [-0.2, 0) is 0 Å². The topological polar surface area (TPSA) is 57.8 Å². The average Bonchev–Trinajstić information content (AvgIpc) is 2.77. The number of allylic oxidation sites excluding steroid dienone is 4. The highest BCUT2D eigenvalue weighted by Gasteiger charge is 2.05. The molecule has 16 heavy (non-hydrogen) atoms. The first kappa shape index (κ1) is 13.9. The van der Waals surface area contributed by atoms with E-state index in [1.807, 2.05) is 19.1 Å². The Balaban J connectivity index is 0.00000225. The zero-order valence-electron chi connectivity index (χ0n) is 8.53. The molecule has 0 aromatic carbocycles. The van der Waals surface area contributed by atoms with Gasteiger partial charge in [-0.1, -0.05) is 26.2 Å². The van der Waals surface area contributed by atoms with Crippen LogP contribution in [0.15, 0.2) is 48.8 Å². The van der Waals surface area contributed by atoms with Crippen molar-refractivity contribution in [2.24, 2.45) is 0 Å². The quantitative estimate of drug-likeness (QED) is 0.764. The highest BCUT2D eigenvalue weighted by molar-refractivity contribution is 5.93. The van der Waals surface area contributed by atoms with Crippen molar-refractivity contribution in [1.29, 1.82) is 0 Å². The number of aromatic nitrogens is 2. The van der Waals surface area contributed by atoms with Gasteiger partial charge in [0.15, 0.2) is 0 Å². The predicted molar refractivity (Wildman–Crippen MR) is 65.9 cm³/mol. The maximum atomic E-state index is 11.5. The zero-order valence-corrected chi connectivity index (χ0v) is 8.53. The van der Waals surface area contributed by atoms with Gasteiger partial charge in [-0.25, -0.2) is 0 Å². The van der Waals surface area contributed by atoms with E-state index in [1.54, 1.807) is 18.2 Å². The number of nitrogens with one attached hydrogen (secondary N) is 2. The summed E-state index contributed by atoms with van der Waals surface area (Å²) in [6, 6.07) is 1.60. The summed E-state index contributed by atoms with van der Waals surface area (Å²) in [7, 11) is 0. The third-order valence-electron chi connectivity index (χ3n) is 1.69. The Morgan fingerprint density at radius 2 is 2.38 bits per heavy atom. The van der Waals surface area contributed by atoms with Crippen LogP contribution in [0.2, 0.25) is 0 Å². The van der Waals surface area contributed by atoms with Gasteiger partial charge in [0, 0.05) is 11.9 Å². The van der Waals surface area contributed by atoms with Crippen LogP contribution in [0.4, 0.5) is 0 Å². The highest BCUT2D eigenvalue weighted by Crippen LogP contribution is 1.96. The second-order valence-corrected chi connectivity index (χ2v) is 2.78. The van der Waals surface area contributed by atoms with Crippen molar-refractivity contribution < 1.29 is 4.79 Å². The van der Waals surface area contributed by atoms with Crippen LogP contribution < -0.4 is 5.32 Å². The van der Waals surface area contributed by atoms with Gasteiger partial charge in [-0.05, 0) is 25.1 Å². The third-order valence-corrected chi connectivity index (χ3v) is 1.69. The molecule has 4 nitrogen and oxygen atoms in total. The number of carbonyl (C=O) groups excluding carboxylic acids is 1. The molecule has 86 valence electrons. The molecule has 0 unspecified atom stereocenters. The number of nitrogens with zero attached hydrogens (tertiary/aromatic N) is 1. The van der Waals surface area contributed by atoms with Crippen molar-refractivity contribution in [1.82, 2.24) is 15.5 Å². The summed E-state index contributed by atoms with van der Waals surface area (Å²) >= 11 is 0. The molecular formula is C12H17N3O. The summed E-state index contributed by atoms with van der Waals surface area (Å²) in [4.78, 5) is 11.5. The van der Waals surface area contributed by atoms with Crippen molar-refractivity contribution in [3.8, 4) is 0 Å². The van der Waals surface area contributed by atoms with Gasteiger partial charge in [0.1, 0.15) is 5.69 Å². The fourth-order valence-corrected chi connectivity index (χ4v) is 0.941. The minimum atomic E-state index is -0.233. The third kappa shape index (κ3) is 3.96. The van der Waals surface area contributed by atoms with Gasteiger partial charge >= 0.3 is 0 Å². The number of amides is 1. The largest absolute Gasteiger partial charge is 0.321 e. The number of H-pyrrole nitrogens is 1. The molecule has 0 aliphatic rings. The van der Waals surface area contributed by atoms with Gasteiger partial charge in [0.05, 0.1) is 0 Å². The van der Waals surface area contributed by atoms with Gasteiger partial charge in [-0.2, -0.15) is 5.10 Å². The van der Waals surface area contributed by atoms with Gasteiger partial charge in [0.2, 0.25) is 0 Å². The fourth-order valence-electron chi connectivity index (χ4n) is 0.941. The molecule has 4 heteroatoms. The molecule has 1 amide bonds. The molecule has 0 saturated carbocycles. The van der Waals surface area contributed by atoms with Crippen LogP contribution in [0.5, 0.6) is 0 Å². The SMILES string of the molecule is C.C=C/C(=C\C=C/C)NC(=O)c1ccn[nH]1. The summed E-state index contributed by atoms with van der Waals surface area (Å²) in [5, 5.41) is 8.96. The first-order valence-corrected chi connectivity index (χ1v) is 4.54. The molecule has 1 aromatic rings. The maximum absolute atomic E-state index is 11.5. The van der Waals surface area contributed by atoms with Crippen molar-refractivity contribution in [2.75, 3.05) is 0 Å². The lowest BCUT2D eigenvalue weighted by atomic mass is 10.3. The maximum Gasteiger partial charge on any atom is 0.273 e. The second-order valence-electron chi connectivity index (χ2n) is 2.78. The van der Waals surface area contributed by atoms with Crippen LogP contribution >= 0.6 is 0 Å². The number of aromatic amines is 1. The number of carbonyl (C=O) groups is 1. The first-order valence-electron chi connectivity index (χ1n) is 4.54. The Bertz CT molecular complexity index is 388. The van der Waals surface area contributed by atoms with Crippen LogP contribution in [0.25, 0.3) is 0 Å². The van der Waals surface area contributed by atoms with Gasteiger partial charge in [-0.3, -0.25) is 9.89 Å². The van der Waals surface area contributed by atoms with E-state index in [0.717, 1.165) is 0 Å². The molecule has 0 aliphatic carbocycles. The van der Waals surface area contributed by atoms with Gasteiger partial charge in [-0.15, -0.1) is 0 Å². The highest BCUT2D eigenvalue weighted by atomic mass is 16.1. The van der Waals surface area contributed by atoms with Crippen LogP contribution in [0.1, 0.15) is 24.8 Å². The smallest absolute Gasteiger partial charge is 0.273 e. The van der Waals surface area contributed by atoms with Gasteiger partial charge in [0.25, 0.3) is 5.91 Å². The molecule has 2 N–H and O–H groups in total. The molecule has 1 rings (SSSR count). The van der Waals surface area contributed by atoms with E-state index in [0.29, 0.717) is 11.4 Å². The molecular weight excluding hydrogens is 202 g/mol. The van der Waals surface area contributed by atoms with Crippen molar-refractivity contribution in [3.63, 3.8) is 0 Å². The monoisotopic (exact) mass is 219 g/mol. The molecule has 1 aromatic heterocycles. The standard InChI is InChI=1S/C11H13N3O.CH4/c1-3-5-6-9(4-2)13-11(15)10-7-8-12-14-10;/h3-8H,2H2,1H3,(H,12,14)(H,13,15);1H4/b5-3-,9-6+;. The number of hydrogen-bond acceptors (Lipinski definition) is 2. The van der Waals surface area contributed by atoms with Crippen molar-refractivity contribution in [2.45, 2.75) is 14.4 Å². The van der Waals surface area contributed by atoms with E-state index in [4.69, 9.17) is 0 Å². The Hall–Kier alpha value is -2.10. The van der Waals surface area contributed by atoms with E-state index in [9.17, 15) is 4.79 Å². The number of hydrogen-bond donors (Lipinski definition) is 2. The van der Waals surface area contributed by atoms with Crippen molar-refractivity contribution in [3.05, 3.63) is 54.5 Å². The molecule has 0 bridgehead atoms. The van der Waals surface area contributed by atoms with Crippen molar-refractivity contribution >= 4 is 5.91 Å². The lowest BCUT2D eigenvalue weighted by molar-refractivity contribution is 0.0962. The van der Waals surface area contributed by atoms with E-state index < -0.39 is 0 Å². The minimum absolute atomic E-state index is 0. The Morgan fingerprint density at radius 3 is 2.88 bits per heavy atom. The van der Waals surface area contributed by atoms with Gasteiger partial charge < -0.3 is 5.32 Å². The Labute approximate surface area is 95.8 Å².